The van der Waals surface area contributed by atoms with Gasteiger partial charge in [-0.05, 0) is 35.9 Å². The van der Waals surface area contributed by atoms with Crippen LogP contribution in [-0.2, 0) is 16.6 Å². The third-order valence-corrected chi connectivity index (χ3v) is 4.88. The minimum absolute atomic E-state index is 0.00511. The third-order valence-electron chi connectivity index (χ3n) is 3.59. The van der Waals surface area contributed by atoms with Gasteiger partial charge in [-0.3, -0.25) is 0 Å². The lowest BCUT2D eigenvalue weighted by atomic mass is 10.2. The summed E-state index contributed by atoms with van der Waals surface area (Å²) in [5.74, 6) is -0.106. The van der Waals surface area contributed by atoms with Gasteiger partial charge in [0, 0.05) is 23.6 Å². The van der Waals surface area contributed by atoms with E-state index in [1.54, 1.807) is 6.20 Å². The van der Waals surface area contributed by atoms with Gasteiger partial charge in [-0.25, -0.2) is 17.5 Å². The average molecular weight is 348 g/mol. The first-order valence-electron chi connectivity index (χ1n) is 7.44. The van der Waals surface area contributed by atoms with Gasteiger partial charge >= 0.3 is 0 Å². The molecule has 0 saturated heterocycles. The van der Waals surface area contributed by atoms with E-state index in [9.17, 15) is 12.8 Å². The predicted molar refractivity (Wildman–Crippen MR) is 90.8 cm³/mol. The summed E-state index contributed by atoms with van der Waals surface area (Å²) >= 11 is 0. The number of H-pyrrole nitrogens is 1. The molecule has 0 aliphatic carbocycles. The zero-order valence-electron chi connectivity index (χ0n) is 12.8. The quantitative estimate of drug-likeness (QED) is 0.690. The van der Waals surface area contributed by atoms with Gasteiger partial charge in [0.15, 0.2) is 0 Å². The summed E-state index contributed by atoms with van der Waals surface area (Å²) in [4.78, 5) is 3.10. The van der Waals surface area contributed by atoms with E-state index in [0.717, 1.165) is 16.5 Å². The van der Waals surface area contributed by atoms with Crippen LogP contribution >= 0.6 is 0 Å². The highest BCUT2D eigenvalue weighted by atomic mass is 32.2. The van der Waals surface area contributed by atoms with E-state index in [-0.39, 0.29) is 24.7 Å². The highest BCUT2D eigenvalue weighted by Gasteiger charge is 2.12. The first-order chi connectivity index (χ1) is 11.5. The fourth-order valence-corrected chi connectivity index (χ4v) is 3.16. The molecule has 3 aromatic rings. The van der Waals surface area contributed by atoms with Crippen LogP contribution in [-0.4, -0.2) is 25.8 Å². The number of benzene rings is 2. The maximum absolute atomic E-state index is 12.8. The number of hydrogen-bond acceptors (Lipinski definition) is 3. The fourth-order valence-electron chi connectivity index (χ4n) is 2.34. The number of aromatic amines is 1. The number of para-hydroxylation sites is 1. The van der Waals surface area contributed by atoms with E-state index < -0.39 is 10.0 Å². The molecule has 126 valence electrons. The van der Waals surface area contributed by atoms with Crippen molar-refractivity contribution in [3.63, 3.8) is 0 Å². The van der Waals surface area contributed by atoms with Gasteiger partial charge in [-0.15, -0.1) is 0 Å². The van der Waals surface area contributed by atoms with Crippen molar-refractivity contribution >= 4 is 20.9 Å². The molecule has 5 nitrogen and oxygen atoms in total. The number of hydrogen-bond donors (Lipinski definition) is 2. The third kappa shape index (κ3) is 4.12. The maximum atomic E-state index is 12.8. The molecular formula is C17H17FN2O3S. The molecule has 1 heterocycles. The average Bonchev–Trinajstić information content (AvgIpc) is 2.98. The number of aromatic nitrogens is 1. The normalized spacial score (nSPS) is 11.7. The molecule has 0 fully saturated rings. The molecule has 0 radical (unpaired) electrons. The molecule has 0 saturated carbocycles. The largest absolute Gasteiger partial charge is 0.492 e. The van der Waals surface area contributed by atoms with Gasteiger partial charge in [0.2, 0.25) is 10.0 Å². The van der Waals surface area contributed by atoms with Crippen molar-refractivity contribution in [3.8, 4) is 5.75 Å². The number of rotatable bonds is 7. The van der Waals surface area contributed by atoms with Crippen LogP contribution in [0.1, 0.15) is 5.56 Å². The molecule has 0 aliphatic heterocycles. The van der Waals surface area contributed by atoms with E-state index in [4.69, 9.17) is 4.74 Å². The van der Waals surface area contributed by atoms with E-state index in [1.807, 2.05) is 24.3 Å². The number of nitrogens with one attached hydrogen (secondary N) is 2. The second kappa shape index (κ2) is 7.02. The van der Waals surface area contributed by atoms with Crippen LogP contribution in [0, 0.1) is 5.82 Å². The Labute approximate surface area is 139 Å². The molecule has 7 heteroatoms. The van der Waals surface area contributed by atoms with Crippen molar-refractivity contribution in [2.24, 2.45) is 0 Å². The van der Waals surface area contributed by atoms with Crippen LogP contribution in [0.3, 0.4) is 0 Å². The Morgan fingerprint density at radius 1 is 1.08 bits per heavy atom. The van der Waals surface area contributed by atoms with Crippen molar-refractivity contribution in [1.82, 2.24) is 9.71 Å². The van der Waals surface area contributed by atoms with Crippen LogP contribution in [0.5, 0.6) is 5.75 Å². The van der Waals surface area contributed by atoms with E-state index in [2.05, 4.69) is 9.71 Å². The van der Waals surface area contributed by atoms with E-state index >= 15 is 0 Å². The Morgan fingerprint density at radius 3 is 2.62 bits per heavy atom. The van der Waals surface area contributed by atoms with Crippen molar-refractivity contribution in [1.29, 1.82) is 0 Å². The van der Waals surface area contributed by atoms with Gasteiger partial charge in [0.05, 0.1) is 5.75 Å². The Morgan fingerprint density at radius 2 is 1.83 bits per heavy atom. The van der Waals surface area contributed by atoms with Crippen LogP contribution in [0.2, 0.25) is 0 Å². The zero-order valence-corrected chi connectivity index (χ0v) is 13.6. The summed E-state index contributed by atoms with van der Waals surface area (Å²) < 4.78 is 44.7. The number of fused-ring (bicyclic) bond motifs is 1. The van der Waals surface area contributed by atoms with E-state index in [0.29, 0.717) is 5.75 Å². The molecule has 24 heavy (non-hydrogen) atoms. The van der Waals surface area contributed by atoms with Crippen LogP contribution in [0.15, 0.2) is 54.7 Å². The summed E-state index contributed by atoms with van der Waals surface area (Å²) in [6.45, 7) is 0.206. The van der Waals surface area contributed by atoms with Crippen molar-refractivity contribution in [3.05, 3.63) is 66.1 Å². The molecule has 0 amide bonds. The molecule has 3 rings (SSSR count). The second-order valence-electron chi connectivity index (χ2n) is 5.30. The first kappa shape index (κ1) is 16.5. The van der Waals surface area contributed by atoms with Crippen molar-refractivity contribution in [2.75, 3.05) is 12.4 Å². The van der Waals surface area contributed by atoms with Gasteiger partial charge in [0.1, 0.15) is 18.2 Å². The number of halogens is 1. The highest BCUT2D eigenvalue weighted by molar-refractivity contribution is 7.89. The highest BCUT2D eigenvalue weighted by Crippen LogP contribution is 2.17. The van der Waals surface area contributed by atoms with Gasteiger partial charge in [-0.2, -0.15) is 0 Å². The zero-order chi connectivity index (χ0) is 17.0. The molecule has 0 atom stereocenters. The minimum atomic E-state index is -3.47. The molecule has 2 aromatic carbocycles. The molecule has 0 spiro atoms. The number of ether oxygens (including phenoxy) is 1. The summed E-state index contributed by atoms with van der Waals surface area (Å²) in [6, 6.07) is 13.1. The minimum Gasteiger partial charge on any atom is -0.492 e. The lowest BCUT2D eigenvalue weighted by Crippen LogP contribution is -2.28. The van der Waals surface area contributed by atoms with Gasteiger partial charge in [-0.1, -0.05) is 18.2 Å². The maximum Gasteiger partial charge on any atom is 0.215 e. The summed E-state index contributed by atoms with van der Waals surface area (Å²) in [5, 5.41) is 0.989. The van der Waals surface area contributed by atoms with Gasteiger partial charge < -0.3 is 9.72 Å². The molecule has 0 bridgehead atoms. The lowest BCUT2D eigenvalue weighted by molar-refractivity contribution is 0.339. The first-order valence-corrected chi connectivity index (χ1v) is 9.09. The Hall–Kier alpha value is -2.38. The summed E-state index contributed by atoms with van der Waals surface area (Å²) in [7, 11) is -3.47. The molecule has 0 unspecified atom stereocenters. The Kier molecular flexibility index (Phi) is 4.82. The summed E-state index contributed by atoms with van der Waals surface area (Å²) in [5.41, 5.74) is 1.85. The van der Waals surface area contributed by atoms with E-state index in [1.165, 1.54) is 24.3 Å². The van der Waals surface area contributed by atoms with Crippen LogP contribution < -0.4 is 9.46 Å². The number of sulfonamides is 1. The SMILES string of the molecule is O=S(=O)(CCOc1ccc(F)cc1)NCc1c[nH]c2ccccc12. The van der Waals surface area contributed by atoms with Gasteiger partial charge in [0.25, 0.3) is 0 Å². The molecule has 0 aliphatic rings. The topological polar surface area (TPSA) is 71.2 Å². The Balaban J connectivity index is 1.53. The fraction of sp³-hybridized carbons (Fsp3) is 0.176. The Bertz CT molecular complexity index is 920. The predicted octanol–water partition coefficient (Wildman–Crippen LogP) is 2.81. The molecular weight excluding hydrogens is 331 g/mol. The van der Waals surface area contributed by atoms with Crippen LogP contribution in [0.25, 0.3) is 10.9 Å². The van der Waals surface area contributed by atoms with Crippen LogP contribution in [0.4, 0.5) is 4.39 Å². The van der Waals surface area contributed by atoms with Crippen molar-refractivity contribution < 1.29 is 17.5 Å². The smallest absolute Gasteiger partial charge is 0.215 e. The molecule has 1 aromatic heterocycles. The lowest BCUT2D eigenvalue weighted by Gasteiger charge is -2.08. The standard InChI is InChI=1S/C17H17FN2O3S/c18-14-5-7-15(8-6-14)23-9-10-24(21,22)20-12-13-11-19-17-4-2-1-3-16(13)17/h1-8,11,19-20H,9-10,12H2. The summed E-state index contributed by atoms with van der Waals surface area (Å²) in [6.07, 6.45) is 1.79. The second-order valence-corrected chi connectivity index (χ2v) is 7.23. The monoisotopic (exact) mass is 348 g/mol. The van der Waals surface area contributed by atoms with Crippen molar-refractivity contribution in [2.45, 2.75) is 6.54 Å². The molecule has 2 N–H and O–H groups in total.